The van der Waals surface area contributed by atoms with Gasteiger partial charge in [-0.1, -0.05) is 65.2 Å². The van der Waals surface area contributed by atoms with Gasteiger partial charge in [0.2, 0.25) is 0 Å². The van der Waals surface area contributed by atoms with Crippen molar-refractivity contribution < 1.29 is 47.8 Å². The molecule has 2 unspecified atom stereocenters. The van der Waals surface area contributed by atoms with Crippen molar-refractivity contribution in [1.29, 1.82) is 0 Å². The molecule has 0 aromatic carbocycles. The van der Waals surface area contributed by atoms with Crippen LogP contribution in [0.15, 0.2) is 0 Å². The minimum absolute atomic E-state index is 0.182. The molecule has 0 aromatic heterocycles. The van der Waals surface area contributed by atoms with Crippen molar-refractivity contribution in [3.8, 4) is 0 Å². The lowest BCUT2D eigenvalue weighted by atomic mass is 10.1. The minimum atomic E-state index is -4.57. The highest BCUT2D eigenvalue weighted by Crippen LogP contribution is 2.43. The maximum atomic E-state index is 12.1. The smallest absolute Gasteiger partial charge is 0.462 e. The molecule has 33 heavy (non-hydrogen) atoms. The first kappa shape index (κ1) is 32.0. The van der Waals surface area contributed by atoms with Gasteiger partial charge in [-0.3, -0.25) is 18.6 Å². The number of aliphatic hydroxyl groups excluding tert-OH is 2. The third-order valence-electron chi connectivity index (χ3n) is 4.76. The van der Waals surface area contributed by atoms with E-state index in [0.717, 1.165) is 51.4 Å². The number of unbranched alkanes of at least 4 members (excludes halogenated alkanes) is 8. The Morgan fingerprint density at radius 3 is 1.85 bits per heavy atom. The fourth-order valence-corrected chi connectivity index (χ4v) is 3.60. The maximum absolute atomic E-state index is 12.1. The minimum Gasteiger partial charge on any atom is -0.462 e. The normalized spacial score (nSPS) is 14.9. The number of carbonyl (C=O) groups is 2. The Bertz CT molecular complexity index is 557. The van der Waals surface area contributed by atoms with Gasteiger partial charge in [-0.05, 0) is 12.8 Å². The first-order chi connectivity index (χ1) is 15.7. The lowest BCUT2D eigenvalue weighted by molar-refractivity contribution is -0.161. The van der Waals surface area contributed by atoms with E-state index in [9.17, 15) is 24.2 Å². The SMILES string of the molecule is CCCCCCCC(=O)OC[C@H](COP(=O)(O)OCC(O)CO)OC(=O)CCCCCCC. The standard InChI is InChI=1S/C22H43O10P/c1-3-5-7-9-11-13-21(25)29-17-20(32-22(26)14-12-10-8-6-4-2)18-31-33(27,28)30-16-19(24)15-23/h19-20,23-24H,3-18H2,1-2H3,(H,27,28)/t19?,20-/m1/s1. The second-order valence-electron chi connectivity index (χ2n) is 8.02. The zero-order chi connectivity index (χ0) is 25.0. The lowest BCUT2D eigenvalue weighted by Gasteiger charge is -2.20. The predicted octanol–water partition coefficient (Wildman–Crippen LogP) is 3.65. The van der Waals surface area contributed by atoms with E-state index < -0.39 is 51.8 Å². The van der Waals surface area contributed by atoms with Crippen molar-refractivity contribution in [2.45, 2.75) is 103 Å². The number of aliphatic hydroxyl groups is 2. The van der Waals surface area contributed by atoms with Crippen LogP contribution in [0.1, 0.15) is 90.9 Å². The van der Waals surface area contributed by atoms with Crippen LogP contribution in [0.4, 0.5) is 0 Å². The predicted molar refractivity (Wildman–Crippen MR) is 122 cm³/mol. The summed E-state index contributed by atoms with van der Waals surface area (Å²) in [5.74, 6) is -0.957. The van der Waals surface area contributed by atoms with Gasteiger partial charge in [0.25, 0.3) is 0 Å². The molecule has 3 N–H and O–H groups in total. The van der Waals surface area contributed by atoms with E-state index in [2.05, 4.69) is 18.4 Å². The van der Waals surface area contributed by atoms with Gasteiger partial charge in [-0.25, -0.2) is 4.57 Å². The van der Waals surface area contributed by atoms with Gasteiger partial charge in [0.15, 0.2) is 6.10 Å². The summed E-state index contributed by atoms with van der Waals surface area (Å²) in [7, 11) is -4.57. The van der Waals surface area contributed by atoms with E-state index in [1.54, 1.807) is 0 Å². The second kappa shape index (κ2) is 20.4. The second-order valence-corrected chi connectivity index (χ2v) is 9.47. The zero-order valence-electron chi connectivity index (χ0n) is 20.1. The average Bonchev–Trinajstić information content (AvgIpc) is 2.79. The first-order valence-corrected chi connectivity index (χ1v) is 13.5. The van der Waals surface area contributed by atoms with Crippen LogP contribution < -0.4 is 0 Å². The van der Waals surface area contributed by atoms with Gasteiger partial charge < -0.3 is 24.6 Å². The number of phosphoric acid groups is 1. The summed E-state index contributed by atoms with van der Waals surface area (Å²) in [4.78, 5) is 33.8. The van der Waals surface area contributed by atoms with Gasteiger partial charge in [-0.15, -0.1) is 0 Å². The van der Waals surface area contributed by atoms with Crippen LogP contribution in [0.5, 0.6) is 0 Å². The van der Waals surface area contributed by atoms with Gasteiger partial charge >= 0.3 is 19.8 Å². The van der Waals surface area contributed by atoms with Gasteiger partial charge in [0, 0.05) is 12.8 Å². The molecule has 0 saturated carbocycles. The molecule has 0 amide bonds. The van der Waals surface area contributed by atoms with Crippen molar-refractivity contribution in [2.24, 2.45) is 0 Å². The molecule has 196 valence electrons. The molecule has 10 nitrogen and oxygen atoms in total. The Kier molecular flexibility index (Phi) is 19.7. The van der Waals surface area contributed by atoms with Gasteiger partial charge in [-0.2, -0.15) is 0 Å². The number of hydrogen-bond acceptors (Lipinski definition) is 9. The molecule has 0 aliphatic heterocycles. The molecule has 0 spiro atoms. The first-order valence-electron chi connectivity index (χ1n) is 12.0. The molecule has 0 fully saturated rings. The van der Waals surface area contributed by atoms with E-state index >= 15 is 0 Å². The third kappa shape index (κ3) is 20.1. The number of esters is 2. The summed E-state index contributed by atoms with van der Waals surface area (Å²) < 4.78 is 31.8. The van der Waals surface area contributed by atoms with Crippen LogP contribution in [0.25, 0.3) is 0 Å². The van der Waals surface area contributed by atoms with E-state index in [4.69, 9.17) is 19.1 Å². The molecule has 0 aliphatic carbocycles. The van der Waals surface area contributed by atoms with Crippen LogP contribution in [-0.2, 0) is 32.7 Å². The van der Waals surface area contributed by atoms with Gasteiger partial charge in [0.05, 0.1) is 19.8 Å². The summed E-state index contributed by atoms with van der Waals surface area (Å²) in [5.41, 5.74) is 0. The Balaban J connectivity index is 4.60. The molecule has 0 heterocycles. The Morgan fingerprint density at radius 2 is 1.30 bits per heavy atom. The molecule has 0 saturated heterocycles. The largest absolute Gasteiger partial charge is 0.472 e. The number of ether oxygens (including phenoxy) is 2. The average molecular weight is 499 g/mol. The number of hydrogen-bond donors (Lipinski definition) is 3. The summed E-state index contributed by atoms with van der Waals surface area (Å²) in [5, 5.41) is 18.0. The number of phosphoric ester groups is 1. The molecule has 0 bridgehead atoms. The fraction of sp³-hybridized carbons (Fsp3) is 0.909. The summed E-state index contributed by atoms with van der Waals surface area (Å²) in [6, 6.07) is 0. The highest BCUT2D eigenvalue weighted by atomic mass is 31.2. The van der Waals surface area contributed by atoms with E-state index in [-0.39, 0.29) is 19.4 Å². The van der Waals surface area contributed by atoms with Crippen LogP contribution in [-0.4, -0.2) is 65.7 Å². The van der Waals surface area contributed by atoms with Gasteiger partial charge in [0.1, 0.15) is 12.7 Å². The molecule has 3 atom stereocenters. The third-order valence-corrected chi connectivity index (χ3v) is 5.71. The summed E-state index contributed by atoms with van der Waals surface area (Å²) in [6.07, 6.45) is 7.65. The quantitative estimate of drug-likeness (QED) is 0.115. The Labute approximate surface area is 197 Å². The van der Waals surface area contributed by atoms with Crippen molar-refractivity contribution >= 4 is 19.8 Å². The molecule has 0 aromatic rings. The van der Waals surface area contributed by atoms with Crippen LogP contribution in [0, 0.1) is 0 Å². The molecular formula is C22H43O10P. The van der Waals surface area contributed by atoms with Crippen molar-refractivity contribution in [2.75, 3.05) is 26.4 Å². The highest BCUT2D eigenvalue weighted by molar-refractivity contribution is 7.47. The van der Waals surface area contributed by atoms with Crippen molar-refractivity contribution in [3.05, 3.63) is 0 Å². The maximum Gasteiger partial charge on any atom is 0.472 e. The molecule has 0 radical (unpaired) electrons. The topological polar surface area (TPSA) is 149 Å². The summed E-state index contributed by atoms with van der Waals surface area (Å²) >= 11 is 0. The molecule has 11 heteroatoms. The van der Waals surface area contributed by atoms with Crippen molar-refractivity contribution in [1.82, 2.24) is 0 Å². The van der Waals surface area contributed by atoms with Crippen LogP contribution in [0.2, 0.25) is 0 Å². The Morgan fingerprint density at radius 1 is 0.788 bits per heavy atom. The summed E-state index contributed by atoms with van der Waals surface area (Å²) in [6.45, 7) is 2.10. The molecule has 0 aliphatic rings. The van der Waals surface area contributed by atoms with Crippen LogP contribution >= 0.6 is 7.82 Å². The molecule has 0 rings (SSSR count). The van der Waals surface area contributed by atoms with Crippen LogP contribution in [0.3, 0.4) is 0 Å². The molecular weight excluding hydrogens is 455 g/mol. The fourth-order valence-electron chi connectivity index (χ4n) is 2.81. The number of carbonyl (C=O) groups excluding carboxylic acids is 2. The zero-order valence-corrected chi connectivity index (χ0v) is 21.0. The highest BCUT2D eigenvalue weighted by Gasteiger charge is 2.27. The van der Waals surface area contributed by atoms with Crippen molar-refractivity contribution in [3.63, 3.8) is 0 Å². The van der Waals surface area contributed by atoms with E-state index in [0.29, 0.717) is 12.8 Å². The lowest BCUT2D eigenvalue weighted by Crippen LogP contribution is -2.29. The van der Waals surface area contributed by atoms with E-state index in [1.807, 2.05) is 0 Å². The monoisotopic (exact) mass is 498 g/mol. The Hall–Kier alpha value is -1.03. The van der Waals surface area contributed by atoms with E-state index in [1.165, 1.54) is 0 Å². The number of rotatable bonds is 22.